The number of hydrogen-bond acceptors (Lipinski definition) is 13. The molecular weight excluding hydrogens is 966 g/mol. The Bertz CT molecular complexity index is 2670. The van der Waals surface area contributed by atoms with E-state index in [4.69, 9.17) is 26.1 Å². The largest absolute Gasteiger partial charge is 0.489 e. The second kappa shape index (κ2) is 21.7. The normalized spacial score (nSPS) is 24.0. The highest BCUT2D eigenvalue weighted by atomic mass is 35.5. The van der Waals surface area contributed by atoms with E-state index in [-0.39, 0.29) is 61.7 Å². The van der Waals surface area contributed by atoms with Crippen LogP contribution >= 0.6 is 22.9 Å². The summed E-state index contributed by atoms with van der Waals surface area (Å²) in [5, 5.41) is 29.6. The molecule has 4 N–H and O–H groups in total. The predicted molar refractivity (Wildman–Crippen MR) is 281 cm³/mol. The lowest BCUT2D eigenvalue weighted by Crippen LogP contribution is -2.74. The van der Waals surface area contributed by atoms with E-state index >= 15 is 0 Å². The Labute approximate surface area is 438 Å². The molecule has 1 saturated carbocycles. The van der Waals surface area contributed by atoms with Gasteiger partial charge in [-0.05, 0) is 67.0 Å². The van der Waals surface area contributed by atoms with Crippen molar-refractivity contribution in [2.24, 2.45) is 16.2 Å². The van der Waals surface area contributed by atoms with E-state index in [1.54, 1.807) is 35.7 Å². The van der Waals surface area contributed by atoms with Crippen molar-refractivity contribution >= 4 is 52.4 Å². The quantitative estimate of drug-likeness (QED) is 0.0785. The number of nitrogens with zero attached hydrogens (tertiary/aromatic N) is 6. The Balaban J connectivity index is 0.792. The maximum Gasteiger partial charge on any atom is 0.253 e. The number of anilines is 1. The van der Waals surface area contributed by atoms with Crippen LogP contribution in [0.5, 0.6) is 5.75 Å². The van der Waals surface area contributed by atoms with Gasteiger partial charge in [0.1, 0.15) is 42.4 Å². The summed E-state index contributed by atoms with van der Waals surface area (Å²) in [6.07, 6.45) is 3.31. The fourth-order valence-electron chi connectivity index (χ4n) is 11.9. The molecule has 6 atom stereocenters. The molecule has 2 aromatic carbocycles. The number of β-amino-alcohol motifs (C(OH)–C–C–N with tert-alkyl or cyclic N) is 1. The first-order chi connectivity index (χ1) is 34.6. The number of carbonyl (C=O) groups excluding carboxylic acids is 4. The first kappa shape index (κ1) is 53.6. The van der Waals surface area contributed by atoms with Gasteiger partial charge < -0.3 is 40.3 Å². The van der Waals surface area contributed by atoms with Crippen LogP contribution in [0.25, 0.3) is 10.4 Å². The van der Waals surface area contributed by atoms with Gasteiger partial charge in [0.05, 0.1) is 51.0 Å². The molecule has 3 saturated heterocycles. The minimum atomic E-state index is -0.965. The van der Waals surface area contributed by atoms with Crippen molar-refractivity contribution in [1.82, 2.24) is 35.7 Å². The van der Waals surface area contributed by atoms with Crippen molar-refractivity contribution < 1.29 is 33.8 Å². The summed E-state index contributed by atoms with van der Waals surface area (Å²) in [6.45, 7) is 20.1. The number of hydrogen-bond donors (Lipinski definition) is 4. The van der Waals surface area contributed by atoms with Crippen molar-refractivity contribution in [3.8, 4) is 22.3 Å². The molecule has 0 radical (unpaired) electrons. The average Bonchev–Trinajstić information content (AvgIpc) is 4.04. The number of ether oxygens (including phenoxy) is 2. The van der Waals surface area contributed by atoms with Crippen LogP contribution in [-0.4, -0.2) is 130 Å². The fourth-order valence-corrected chi connectivity index (χ4v) is 12.9. The number of rotatable bonds is 17. The molecule has 0 spiro atoms. The molecule has 4 fully saturated rings. The zero-order valence-corrected chi connectivity index (χ0v) is 45.0. The molecule has 2 bridgehead atoms. The van der Waals surface area contributed by atoms with Gasteiger partial charge in [-0.1, -0.05) is 91.3 Å². The number of thiazole rings is 1. The molecule has 2 unspecified atom stereocenters. The van der Waals surface area contributed by atoms with Crippen LogP contribution in [0.3, 0.4) is 0 Å². The lowest BCUT2D eigenvalue weighted by atomic mass is 9.49. The minimum Gasteiger partial charge on any atom is -0.489 e. The second-order valence-electron chi connectivity index (χ2n) is 22.4. The number of nitrogens with one attached hydrogen (secondary N) is 3. The zero-order chi connectivity index (χ0) is 52.6. The molecule has 4 aliphatic rings. The van der Waals surface area contributed by atoms with Gasteiger partial charge in [0, 0.05) is 73.8 Å². The molecule has 5 heterocycles. The molecule has 16 nitrogen and oxygen atoms in total. The highest BCUT2D eigenvalue weighted by Crippen LogP contribution is 2.55. The summed E-state index contributed by atoms with van der Waals surface area (Å²) in [4.78, 5) is 71.6. The van der Waals surface area contributed by atoms with Crippen LogP contribution < -0.4 is 25.6 Å². The van der Waals surface area contributed by atoms with Gasteiger partial charge in [-0.2, -0.15) is 5.26 Å². The van der Waals surface area contributed by atoms with Crippen LogP contribution in [0.4, 0.5) is 5.82 Å². The Morgan fingerprint density at radius 2 is 1.67 bits per heavy atom. The molecular formula is C55H70ClN9O7S. The third-order valence-electron chi connectivity index (χ3n) is 15.5. The van der Waals surface area contributed by atoms with E-state index in [9.17, 15) is 29.5 Å². The summed E-state index contributed by atoms with van der Waals surface area (Å²) in [7, 11) is 0. The minimum absolute atomic E-state index is 0.0143. The predicted octanol–water partition coefficient (Wildman–Crippen LogP) is 7.08. The Kier molecular flexibility index (Phi) is 15.9. The maximum atomic E-state index is 14.3. The SMILES string of the molecule is CC[C@H](NC(=O)[C@@H]1C[C@@H](O)CN1C(=O)[C@@H](NC(=O)COCCN1C2CCC1CN(c1ccc(C(=O)NC3C(C)(C)C(Oc4ccc(C#N)c(Cl)c4)C3(C)C)cn1)C2)C(C)(C)C)c1ccc(-c2scnc2C)cc1. The number of aliphatic hydroxyl groups is 1. The van der Waals surface area contributed by atoms with Gasteiger partial charge in [0.25, 0.3) is 5.91 Å². The lowest BCUT2D eigenvalue weighted by molar-refractivity contribution is -0.164. The third-order valence-corrected chi connectivity index (χ3v) is 16.7. The number of benzene rings is 2. The fraction of sp³-hybridized carbons (Fsp3) is 0.545. The van der Waals surface area contributed by atoms with Crippen molar-refractivity contribution in [2.75, 3.05) is 44.3 Å². The molecule has 73 heavy (non-hydrogen) atoms. The number of amides is 4. The number of nitriles is 1. The molecule has 390 valence electrons. The number of pyridine rings is 1. The summed E-state index contributed by atoms with van der Waals surface area (Å²) >= 11 is 7.85. The van der Waals surface area contributed by atoms with Crippen molar-refractivity contribution in [2.45, 2.75) is 136 Å². The van der Waals surface area contributed by atoms with Gasteiger partial charge in [-0.25, -0.2) is 9.97 Å². The van der Waals surface area contributed by atoms with Crippen LogP contribution in [0.2, 0.25) is 5.02 Å². The first-order valence-electron chi connectivity index (χ1n) is 25.4. The first-order valence-corrected chi connectivity index (χ1v) is 26.7. The topological polar surface area (TPSA) is 202 Å². The summed E-state index contributed by atoms with van der Waals surface area (Å²) in [6, 6.07) is 17.1. The standard InChI is InChI=1S/C55H70ClN9O7S/c1-10-42(33-11-13-34(14-12-33)46-32(2)59-31-73-46)60-49(69)43-23-39(66)29-65(43)50(70)47(53(3,4)5)61-45(67)30-71-22-21-64-37-17-18-38(64)28-63(27-37)44-20-16-36(26-58-44)48(68)62-51-54(6,7)52(55(51,8)9)72-40-19-15-35(25-57)41(56)24-40/h11-16,19-20,24,26,31,37-39,42-43,47,51-52,66H,10,17-18,21-23,27-30H2,1-9H3,(H,60,69)(H,61,67)(H,62,68)/t37?,38?,39-,42+,43+,47-,51?,52?/m1/s1. The van der Waals surface area contributed by atoms with Crippen molar-refractivity contribution in [3.63, 3.8) is 0 Å². The summed E-state index contributed by atoms with van der Waals surface area (Å²) in [5.74, 6) is -0.0207. The van der Waals surface area contributed by atoms with Gasteiger partial charge in [0.2, 0.25) is 17.7 Å². The third kappa shape index (κ3) is 11.4. The average molecular weight is 1040 g/mol. The smallest absolute Gasteiger partial charge is 0.253 e. The highest BCUT2D eigenvalue weighted by molar-refractivity contribution is 7.13. The number of aromatic nitrogens is 2. The molecule has 3 aliphatic heterocycles. The van der Waals surface area contributed by atoms with E-state index in [0.717, 1.165) is 53.4 Å². The van der Waals surface area contributed by atoms with Crippen molar-refractivity contribution in [3.05, 3.63) is 93.7 Å². The number of piperazine rings is 1. The monoisotopic (exact) mass is 1040 g/mol. The van der Waals surface area contributed by atoms with Crippen LogP contribution in [0.15, 0.2) is 66.3 Å². The van der Waals surface area contributed by atoms with Crippen molar-refractivity contribution in [1.29, 1.82) is 5.26 Å². The number of aryl methyl sites for hydroxylation is 1. The van der Waals surface area contributed by atoms with Crippen LogP contribution in [0, 0.1) is 34.5 Å². The Hall–Kier alpha value is -5.64. The highest BCUT2D eigenvalue weighted by Gasteiger charge is 2.64. The summed E-state index contributed by atoms with van der Waals surface area (Å²) in [5.41, 5.74) is 4.13. The van der Waals surface area contributed by atoms with Gasteiger partial charge in [0.15, 0.2) is 0 Å². The van der Waals surface area contributed by atoms with E-state index in [1.165, 1.54) is 4.90 Å². The Morgan fingerprint density at radius 3 is 2.26 bits per heavy atom. The molecule has 1 aliphatic carbocycles. The van der Waals surface area contributed by atoms with Gasteiger partial charge in [-0.3, -0.25) is 24.1 Å². The Morgan fingerprint density at radius 1 is 0.973 bits per heavy atom. The maximum absolute atomic E-state index is 14.3. The number of halogens is 1. The molecule has 4 aromatic rings. The molecule has 4 amide bonds. The number of likely N-dealkylation sites (tertiary alicyclic amines) is 1. The van der Waals surface area contributed by atoms with Gasteiger partial charge in [-0.15, -0.1) is 11.3 Å². The molecule has 8 rings (SSSR count). The molecule has 18 heteroatoms. The van der Waals surface area contributed by atoms with E-state index in [1.807, 2.05) is 76.5 Å². The second-order valence-corrected chi connectivity index (χ2v) is 23.7. The number of aliphatic hydroxyl groups excluding tert-OH is 1. The van der Waals surface area contributed by atoms with E-state index in [0.29, 0.717) is 41.5 Å². The van der Waals surface area contributed by atoms with Crippen LogP contribution in [-0.2, 0) is 19.1 Å². The number of fused-ring (bicyclic) bond motifs is 2. The lowest BCUT2D eigenvalue weighted by Gasteiger charge is -2.63. The summed E-state index contributed by atoms with van der Waals surface area (Å²) < 4.78 is 12.3. The van der Waals surface area contributed by atoms with Crippen LogP contribution in [0.1, 0.15) is 114 Å². The molecule has 2 aromatic heterocycles. The van der Waals surface area contributed by atoms with E-state index in [2.05, 4.69) is 64.5 Å². The van der Waals surface area contributed by atoms with Gasteiger partial charge >= 0.3 is 0 Å². The van der Waals surface area contributed by atoms with E-state index < -0.39 is 46.2 Å². The number of carbonyl (C=O) groups is 4. The zero-order valence-electron chi connectivity index (χ0n) is 43.4.